The Morgan fingerprint density at radius 3 is 2.52 bits per heavy atom. The van der Waals surface area contributed by atoms with Crippen LogP contribution < -0.4 is 14.8 Å². The van der Waals surface area contributed by atoms with Crippen molar-refractivity contribution in [3.63, 3.8) is 0 Å². The smallest absolute Gasteiger partial charge is 0.257 e. The van der Waals surface area contributed by atoms with Gasteiger partial charge in [-0.1, -0.05) is 37.6 Å². The van der Waals surface area contributed by atoms with E-state index >= 15 is 0 Å². The summed E-state index contributed by atoms with van der Waals surface area (Å²) in [5, 5.41) is 3.58. The van der Waals surface area contributed by atoms with Crippen LogP contribution in [0.25, 0.3) is 0 Å². The third-order valence-electron chi connectivity index (χ3n) is 4.13. The maximum absolute atomic E-state index is 12.0. The molecule has 2 rings (SSSR count). The lowest BCUT2D eigenvalue weighted by molar-refractivity contribution is -0.123. The minimum atomic E-state index is -0.107. The van der Waals surface area contributed by atoms with Gasteiger partial charge in [0.2, 0.25) is 0 Å². The molecule has 27 heavy (non-hydrogen) atoms. The van der Waals surface area contributed by atoms with Gasteiger partial charge in [0.15, 0.2) is 6.61 Å². The molecule has 0 radical (unpaired) electrons. The molecule has 0 saturated carbocycles. The number of carbonyl (C=O) groups is 1. The Kier molecular flexibility index (Phi) is 8.46. The molecule has 1 amide bonds. The Morgan fingerprint density at radius 1 is 1.07 bits per heavy atom. The van der Waals surface area contributed by atoms with Crippen LogP contribution in [0, 0.1) is 6.92 Å². The summed E-state index contributed by atoms with van der Waals surface area (Å²) in [5.41, 5.74) is 2.24. The molecule has 0 bridgehead atoms. The lowest BCUT2D eigenvalue weighted by Gasteiger charge is -2.14. The van der Waals surface area contributed by atoms with E-state index in [0.717, 1.165) is 35.5 Å². The van der Waals surface area contributed by atoms with Gasteiger partial charge in [-0.05, 0) is 67.1 Å². The molecule has 0 aliphatic heterocycles. The molecule has 2 aromatic rings. The van der Waals surface area contributed by atoms with Crippen LogP contribution in [0.4, 0.5) is 0 Å². The standard InChI is InChI=1S/C22H28ClNO3/c1-16(2)20-11-6-17(3)14-21(20)27-15-22(25)24-12-4-5-13-26-19-9-7-18(23)8-10-19/h6-11,14,16H,4-5,12-13,15H2,1-3H3,(H,24,25). The summed E-state index contributed by atoms with van der Waals surface area (Å²) in [7, 11) is 0. The van der Waals surface area contributed by atoms with Crippen molar-refractivity contribution in [3.05, 3.63) is 58.6 Å². The van der Waals surface area contributed by atoms with Gasteiger partial charge in [-0.3, -0.25) is 4.79 Å². The van der Waals surface area contributed by atoms with E-state index in [0.29, 0.717) is 24.1 Å². The number of amides is 1. The molecule has 5 heteroatoms. The molecule has 0 heterocycles. The van der Waals surface area contributed by atoms with Gasteiger partial charge in [-0.15, -0.1) is 0 Å². The zero-order valence-corrected chi connectivity index (χ0v) is 17.0. The maximum Gasteiger partial charge on any atom is 0.257 e. The van der Waals surface area contributed by atoms with E-state index in [2.05, 4.69) is 31.3 Å². The van der Waals surface area contributed by atoms with Gasteiger partial charge in [-0.25, -0.2) is 0 Å². The number of rotatable bonds is 10. The van der Waals surface area contributed by atoms with E-state index in [4.69, 9.17) is 21.1 Å². The third kappa shape index (κ3) is 7.51. The molecule has 0 aliphatic carbocycles. The normalized spacial score (nSPS) is 10.7. The number of hydrogen-bond donors (Lipinski definition) is 1. The molecule has 2 aromatic carbocycles. The minimum absolute atomic E-state index is 0.0322. The number of halogens is 1. The first kappa shape index (κ1) is 21.1. The van der Waals surface area contributed by atoms with Crippen molar-refractivity contribution in [3.8, 4) is 11.5 Å². The quantitative estimate of drug-likeness (QED) is 0.573. The van der Waals surface area contributed by atoms with Crippen LogP contribution in [0.3, 0.4) is 0 Å². The monoisotopic (exact) mass is 389 g/mol. The van der Waals surface area contributed by atoms with E-state index in [1.807, 2.05) is 25.1 Å². The summed E-state index contributed by atoms with van der Waals surface area (Å²) in [4.78, 5) is 12.0. The highest BCUT2D eigenvalue weighted by atomic mass is 35.5. The number of hydrogen-bond acceptors (Lipinski definition) is 3. The second-order valence-corrected chi connectivity index (χ2v) is 7.28. The highest BCUT2D eigenvalue weighted by Gasteiger charge is 2.10. The summed E-state index contributed by atoms with van der Waals surface area (Å²) in [6, 6.07) is 13.4. The van der Waals surface area contributed by atoms with Crippen molar-refractivity contribution in [1.29, 1.82) is 0 Å². The molecule has 0 spiro atoms. The zero-order valence-electron chi connectivity index (χ0n) is 16.3. The lowest BCUT2D eigenvalue weighted by Crippen LogP contribution is -2.30. The molecular weight excluding hydrogens is 362 g/mol. The number of benzene rings is 2. The number of nitrogens with one attached hydrogen (secondary N) is 1. The van der Waals surface area contributed by atoms with E-state index in [1.165, 1.54) is 0 Å². The molecule has 1 N–H and O–H groups in total. The van der Waals surface area contributed by atoms with Gasteiger partial charge in [-0.2, -0.15) is 0 Å². The fourth-order valence-electron chi connectivity index (χ4n) is 2.61. The Bertz CT molecular complexity index is 729. The van der Waals surface area contributed by atoms with Gasteiger partial charge in [0.25, 0.3) is 5.91 Å². The molecule has 0 aliphatic rings. The van der Waals surface area contributed by atoms with Crippen molar-refractivity contribution in [1.82, 2.24) is 5.32 Å². The molecule has 0 aromatic heterocycles. The topological polar surface area (TPSA) is 47.6 Å². The average Bonchev–Trinajstić information content (AvgIpc) is 2.64. The molecule has 0 saturated heterocycles. The van der Waals surface area contributed by atoms with Crippen molar-refractivity contribution in [2.45, 2.75) is 39.5 Å². The van der Waals surface area contributed by atoms with Crippen LogP contribution in [0.15, 0.2) is 42.5 Å². The van der Waals surface area contributed by atoms with Crippen molar-refractivity contribution in [2.75, 3.05) is 19.8 Å². The van der Waals surface area contributed by atoms with Crippen molar-refractivity contribution < 1.29 is 14.3 Å². The average molecular weight is 390 g/mol. The Balaban J connectivity index is 1.62. The van der Waals surface area contributed by atoms with Gasteiger partial charge < -0.3 is 14.8 Å². The first-order valence-electron chi connectivity index (χ1n) is 9.34. The molecule has 0 atom stereocenters. The highest BCUT2D eigenvalue weighted by molar-refractivity contribution is 6.30. The Morgan fingerprint density at radius 2 is 1.81 bits per heavy atom. The molecular formula is C22H28ClNO3. The van der Waals surface area contributed by atoms with Crippen molar-refractivity contribution in [2.24, 2.45) is 0 Å². The van der Waals surface area contributed by atoms with E-state index in [9.17, 15) is 4.79 Å². The number of carbonyl (C=O) groups excluding carboxylic acids is 1. The first-order valence-corrected chi connectivity index (χ1v) is 9.72. The van der Waals surface area contributed by atoms with Crippen LogP contribution in [0.2, 0.25) is 5.02 Å². The van der Waals surface area contributed by atoms with Crippen LogP contribution >= 0.6 is 11.6 Å². The maximum atomic E-state index is 12.0. The summed E-state index contributed by atoms with van der Waals surface area (Å²) >= 11 is 5.83. The van der Waals surface area contributed by atoms with Gasteiger partial charge in [0, 0.05) is 11.6 Å². The van der Waals surface area contributed by atoms with Gasteiger partial charge in [0.05, 0.1) is 6.61 Å². The zero-order chi connectivity index (χ0) is 19.6. The highest BCUT2D eigenvalue weighted by Crippen LogP contribution is 2.27. The van der Waals surface area contributed by atoms with E-state index < -0.39 is 0 Å². The van der Waals surface area contributed by atoms with E-state index in [1.54, 1.807) is 12.1 Å². The second-order valence-electron chi connectivity index (χ2n) is 6.84. The number of ether oxygens (including phenoxy) is 2. The SMILES string of the molecule is Cc1ccc(C(C)C)c(OCC(=O)NCCCCOc2ccc(Cl)cc2)c1. The fourth-order valence-corrected chi connectivity index (χ4v) is 2.74. The summed E-state index contributed by atoms with van der Waals surface area (Å²) in [6.07, 6.45) is 1.71. The van der Waals surface area contributed by atoms with Crippen molar-refractivity contribution >= 4 is 17.5 Å². The predicted molar refractivity (Wildman–Crippen MR) is 110 cm³/mol. The fraction of sp³-hybridized carbons (Fsp3) is 0.409. The van der Waals surface area contributed by atoms with Crippen LogP contribution in [0.5, 0.6) is 11.5 Å². The van der Waals surface area contributed by atoms with Crippen LogP contribution in [-0.4, -0.2) is 25.7 Å². The Hall–Kier alpha value is -2.20. The number of unbranched alkanes of at least 4 members (excludes halogenated alkanes) is 1. The largest absolute Gasteiger partial charge is 0.494 e. The van der Waals surface area contributed by atoms with Crippen LogP contribution in [0.1, 0.15) is 43.7 Å². The van der Waals surface area contributed by atoms with Gasteiger partial charge >= 0.3 is 0 Å². The molecule has 4 nitrogen and oxygen atoms in total. The second kappa shape index (κ2) is 10.8. The van der Waals surface area contributed by atoms with E-state index in [-0.39, 0.29) is 12.5 Å². The Labute approximate surface area is 166 Å². The predicted octanol–water partition coefficient (Wildman–Crippen LogP) is 5.13. The lowest BCUT2D eigenvalue weighted by atomic mass is 10.0. The first-order chi connectivity index (χ1) is 13.0. The summed E-state index contributed by atoms with van der Waals surface area (Å²) in [6.45, 7) is 7.49. The number of aryl methyl sites for hydroxylation is 1. The third-order valence-corrected chi connectivity index (χ3v) is 4.38. The van der Waals surface area contributed by atoms with Crippen LogP contribution in [-0.2, 0) is 4.79 Å². The van der Waals surface area contributed by atoms with Gasteiger partial charge in [0.1, 0.15) is 11.5 Å². The molecule has 146 valence electrons. The molecule has 0 fully saturated rings. The summed E-state index contributed by atoms with van der Waals surface area (Å²) in [5.74, 6) is 1.83. The summed E-state index contributed by atoms with van der Waals surface area (Å²) < 4.78 is 11.4. The molecule has 0 unspecified atom stereocenters. The minimum Gasteiger partial charge on any atom is -0.494 e.